The molecule has 1 atom stereocenters. The third-order valence-corrected chi connectivity index (χ3v) is 4.73. The zero-order valence-corrected chi connectivity index (χ0v) is 12.0. The van der Waals surface area contributed by atoms with Gasteiger partial charge in [0.05, 0.1) is 12.2 Å². The van der Waals surface area contributed by atoms with Crippen LogP contribution in [0.4, 0.5) is 0 Å². The summed E-state index contributed by atoms with van der Waals surface area (Å²) in [5.74, 6) is 0.856. The van der Waals surface area contributed by atoms with Gasteiger partial charge in [-0.05, 0) is 38.1 Å². The van der Waals surface area contributed by atoms with Gasteiger partial charge in [0.1, 0.15) is 5.01 Å². The van der Waals surface area contributed by atoms with Gasteiger partial charge in [0, 0.05) is 24.5 Å². The molecule has 0 spiro atoms. The molecule has 0 bridgehead atoms. The Labute approximate surface area is 114 Å². The standard InChI is InChI=1S/C14H23N3S/c1-11-3-2-6-17(8-11)9-14-16-13(10-18-14)7-15-12-4-5-12/h10-12,15H,2-9H2,1H3. The number of hydrogen-bond acceptors (Lipinski definition) is 4. The Bertz CT molecular complexity index is 386. The zero-order chi connectivity index (χ0) is 12.4. The van der Waals surface area contributed by atoms with Gasteiger partial charge in [-0.15, -0.1) is 11.3 Å². The van der Waals surface area contributed by atoms with Gasteiger partial charge in [0.2, 0.25) is 0 Å². The number of thiazole rings is 1. The molecule has 0 radical (unpaired) electrons. The summed E-state index contributed by atoms with van der Waals surface area (Å²) in [7, 11) is 0. The summed E-state index contributed by atoms with van der Waals surface area (Å²) >= 11 is 1.82. The summed E-state index contributed by atoms with van der Waals surface area (Å²) in [5.41, 5.74) is 1.23. The Morgan fingerprint density at radius 2 is 2.33 bits per heavy atom. The molecule has 3 nitrogen and oxygen atoms in total. The Hall–Kier alpha value is -0.450. The molecule has 18 heavy (non-hydrogen) atoms. The van der Waals surface area contributed by atoms with Crippen LogP contribution in [0, 0.1) is 5.92 Å². The van der Waals surface area contributed by atoms with Crippen molar-refractivity contribution in [3.63, 3.8) is 0 Å². The summed E-state index contributed by atoms with van der Waals surface area (Å²) < 4.78 is 0. The molecular formula is C14H23N3S. The number of aromatic nitrogens is 1. The van der Waals surface area contributed by atoms with E-state index in [0.717, 1.165) is 25.0 Å². The minimum Gasteiger partial charge on any atom is -0.308 e. The third-order valence-electron chi connectivity index (χ3n) is 3.85. The summed E-state index contributed by atoms with van der Waals surface area (Å²) in [4.78, 5) is 7.30. The topological polar surface area (TPSA) is 28.2 Å². The fourth-order valence-electron chi connectivity index (χ4n) is 2.66. The highest BCUT2D eigenvalue weighted by molar-refractivity contribution is 7.09. The van der Waals surface area contributed by atoms with E-state index in [-0.39, 0.29) is 0 Å². The molecule has 1 aliphatic heterocycles. The molecule has 1 saturated heterocycles. The second-order valence-corrected chi connectivity index (χ2v) is 6.81. The molecule has 1 aromatic heterocycles. The van der Waals surface area contributed by atoms with Crippen molar-refractivity contribution in [3.8, 4) is 0 Å². The SMILES string of the molecule is CC1CCCN(Cc2nc(CNC3CC3)cs2)C1. The van der Waals surface area contributed by atoms with Gasteiger partial charge in [-0.25, -0.2) is 4.98 Å². The maximum absolute atomic E-state index is 4.74. The lowest BCUT2D eigenvalue weighted by Gasteiger charge is -2.29. The normalized spacial score (nSPS) is 25.5. The van der Waals surface area contributed by atoms with Crippen LogP contribution in [-0.2, 0) is 13.1 Å². The number of hydrogen-bond donors (Lipinski definition) is 1. The number of piperidine rings is 1. The van der Waals surface area contributed by atoms with Crippen LogP contribution in [-0.4, -0.2) is 29.0 Å². The molecule has 1 aromatic rings. The smallest absolute Gasteiger partial charge is 0.107 e. The molecule has 3 rings (SSSR count). The molecule has 0 amide bonds. The Balaban J connectivity index is 1.49. The van der Waals surface area contributed by atoms with E-state index in [4.69, 9.17) is 4.98 Å². The van der Waals surface area contributed by atoms with Crippen LogP contribution in [0.2, 0.25) is 0 Å². The average Bonchev–Trinajstić information content (AvgIpc) is 3.08. The average molecular weight is 265 g/mol. The van der Waals surface area contributed by atoms with E-state index in [9.17, 15) is 0 Å². The molecule has 0 aromatic carbocycles. The van der Waals surface area contributed by atoms with Crippen LogP contribution in [0.25, 0.3) is 0 Å². The van der Waals surface area contributed by atoms with Crippen LogP contribution in [0.1, 0.15) is 43.3 Å². The maximum Gasteiger partial charge on any atom is 0.107 e. The second kappa shape index (κ2) is 5.68. The van der Waals surface area contributed by atoms with Crippen LogP contribution in [0.15, 0.2) is 5.38 Å². The van der Waals surface area contributed by atoms with Gasteiger partial charge >= 0.3 is 0 Å². The van der Waals surface area contributed by atoms with E-state index < -0.39 is 0 Å². The van der Waals surface area contributed by atoms with Crippen molar-refractivity contribution in [1.29, 1.82) is 0 Å². The van der Waals surface area contributed by atoms with Crippen molar-refractivity contribution < 1.29 is 0 Å². The Morgan fingerprint density at radius 3 is 3.11 bits per heavy atom. The van der Waals surface area contributed by atoms with Gasteiger partial charge < -0.3 is 5.32 Å². The highest BCUT2D eigenvalue weighted by Gasteiger charge is 2.21. The second-order valence-electron chi connectivity index (χ2n) is 5.87. The van der Waals surface area contributed by atoms with Crippen LogP contribution in [0.5, 0.6) is 0 Å². The van der Waals surface area contributed by atoms with Crippen molar-refractivity contribution in [2.45, 2.75) is 51.7 Å². The van der Waals surface area contributed by atoms with Crippen LogP contribution in [0.3, 0.4) is 0 Å². The molecule has 1 saturated carbocycles. The van der Waals surface area contributed by atoms with Gasteiger partial charge in [0.25, 0.3) is 0 Å². The van der Waals surface area contributed by atoms with E-state index in [1.54, 1.807) is 0 Å². The molecular weight excluding hydrogens is 242 g/mol. The largest absolute Gasteiger partial charge is 0.308 e. The molecule has 2 fully saturated rings. The molecule has 1 aliphatic carbocycles. The van der Waals surface area contributed by atoms with Crippen molar-refractivity contribution >= 4 is 11.3 Å². The van der Waals surface area contributed by atoms with E-state index in [2.05, 4.69) is 22.5 Å². The zero-order valence-electron chi connectivity index (χ0n) is 11.2. The van der Waals surface area contributed by atoms with Crippen molar-refractivity contribution in [2.75, 3.05) is 13.1 Å². The Morgan fingerprint density at radius 1 is 1.44 bits per heavy atom. The lowest BCUT2D eigenvalue weighted by Crippen LogP contribution is -2.33. The molecule has 1 N–H and O–H groups in total. The molecule has 4 heteroatoms. The van der Waals surface area contributed by atoms with Gasteiger partial charge in [-0.3, -0.25) is 4.90 Å². The number of nitrogens with one attached hydrogen (secondary N) is 1. The first-order chi connectivity index (χ1) is 8.79. The highest BCUT2D eigenvalue weighted by Crippen LogP contribution is 2.21. The maximum atomic E-state index is 4.74. The number of nitrogens with zero attached hydrogens (tertiary/aromatic N) is 2. The predicted molar refractivity (Wildman–Crippen MR) is 75.7 cm³/mol. The Kier molecular flexibility index (Phi) is 3.97. The summed E-state index contributed by atoms with van der Waals surface area (Å²) in [5, 5.41) is 7.04. The molecule has 1 unspecified atom stereocenters. The van der Waals surface area contributed by atoms with Crippen LogP contribution < -0.4 is 5.32 Å². The molecule has 2 aliphatic rings. The summed E-state index contributed by atoms with van der Waals surface area (Å²) in [6.45, 7) is 6.86. The highest BCUT2D eigenvalue weighted by atomic mass is 32.1. The minimum atomic E-state index is 0.776. The van der Waals surface area contributed by atoms with E-state index in [1.807, 2.05) is 11.3 Å². The summed E-state index contributed by atoms with van der Waals surface area (Å²) in [6, 6.07) is 0.776. The minimum absolute atomic E-state index is 0.776. The first-order valence-electron chi connectivity index (χ1n) is 7.18. The van der Waals surface area contributed by atoms with E-state index in [0.29, 0.717) is 0 Å². The fraction of sp³-hybridized carbons (Fsp3) is 0.786. The van der Waals surface area contributed by atoms with Gasteiger partial charge in [0.15, 0.2) is 0 Å². The van der Waals surface area contributed by atoms with E-state index in [1.165, 1.54) is 49.5 Å². The predicted octanol–water partition coefficient (Wildman–Crippen LogP) is 2.63. The number of rotatable bonds is 5. The molecule has 100 valence electrons. The van der Waals surface area contributed by atoms with E-state index >= 15 is 0 Å². The lowest BCUT2D eigenvalue weighted by molar-refractivity contribution is 0.176. The molecule has 2 heterocycles. The quantitative estimate of drug-likeness (QED) is 0.887. The van der Waals surface area contributed by atoms with Crippen LogP contribution >= 0.6 is 11.3 Å². The van der Waals surface area contributed by atoms with Crippen molar-refractivity contribution in [2.24, 2.45) is 5.92 Å². The van der Waals surface area contributed by atoms with Gasteiger partial charge in [-0.2, -0.15) is 0 Å². The van der Waals surface area contributed by atoms with Crippen molar-refractivity contribution in [3.05, 3.63) is 16.1 Å². The summed E-state index contributed by atoms with van der Waals surface area (Å²) in [6.07, 6.45) is 5.44. The lowest BCUT2D eigenvalue weighted by atomic mass is 10.0. The monoisotopic (exact) mass is 265 g/mol. The van der Waals surface area contributed by atoms with Gasteiger partial charge in [-0.1, -0.05) is 6.92 Å². The van der Waals surface area contributed by atoms with Crippen molar-refractivity contribution in [1.82, 2.24) is 15.2 Å². The first kappa shape index (κ1) is 12.6. The third kappa shape index (κ3) is 3.53. The fourth-order valence-corrected chi connectivity index (χ4v) is 3.50. The first-order valence-corrected chi connectivity index (χ1v) is 8.06. The number of likely N-dealkylation sites (tertiary alicyclic amines) is 1.